The number of nitrogens with one attached hydrogen (secondary N) is 1. The second kappa shape index (κ2) is 7.13. The predicted octanol–water partition coefficient (Wildman–Crippen LogP) is 3.48. The highest BCUT2D eigenvalue weighted by Gasteiger charge is 2.29. The summed E-state index contributed by atoms with van der Waals surface area (Å²) in [6, 6.07) is 1.58. The summed E-state index contributed by atoms with van der Waals surface area (Å²) < 4.78 is 37.1. The number of anilines is 1. The molecule has 0 aromatic carbocycles. The molecule has 1 N–H and O–H groups in total. The van der Waals surface area contributed by atoms with Gasteiger partial charge < -0.3 is 10.2 Å². The zero-order chi connectivity index (χ0) is 15.3. The lowest BCUT2D eigenvalue weighted by atomic mass is 10.2. The van der Waals surface area contributed by atoms with Gasteiger partial charge in [0.1, 0.15) is 12.4 Å². The Bertz CT molecular complexity index is 435. The van der Waals surface area contributed by atoms with Crippen molar-refractivity contribution in [3.8, 4) is 0 Å². The number of rotatable bonds is 6. The normalized spacial score (nSPS) is 12.0. The molecule has 20 heavy (non-hydrogen) atoms. The summed E-state index contributed by atoms with van der Waals surface area (Å²) >= 11 is 6.01. The largest absolute Gasteiger partial charge is 0.405 e. The second-order valence-corrected chi connectivity index (χ2v) is 5.54. The van der Waals surface area contributed by atoms with E-state index in [0.29, 0.717) is 17.5 Å². The summed E-state index contributed by atoms with van der Waals surface area (Å²) in [5, 5.41) is 3.65. The SMILES string of the molecule is CC(C)CNCc1cc(N(C)CC(F)(F)F)ncc1Cl. The zero-order valence-electron chi connectivity index (χ0n) is 11.8. The monoisotopic (exact) mass is 309 g/mol. The van der Waals surface area contributed by atoms with Gasteiger partial charge in [-0.05, 0) is 24.1 Å². The van der Waals surface area contributed by atoms with Gasteiger partial charge in [-0.2, -0.15) is 13.2 Å². The zero-order valence-corrected chi connectivity index (χ0v) is 12.5. The third-order valence-electron chi connectivity index (χ3n) is 2.60. The minimum absolute atomic E-state index is 0.257. The first kappa shape index (κ1) is 17.0. The summed E-state index contributed by atoms with van der Waals surface area (Å²) in [5.74, 6) is 0.746. The lowest BCUT2D eigenvalue weighted by Gasteiger charge is -2.20. The van der Waals surface area contributed by atoms with Crippen molar-refractivity contribution in [1.82, 2.24) is 10.3 Å². The number of alkyl halides is 3. The standard InChI is InChI=1S/C13H19ClF3N3/c1-9(2)5-18-6-10-4-12(19-7-11(10)14)20(3)8-13(15,16)17/h4,7,9,18H,5-6,8H2,1-3H3. The van der Waals surface area contributed by atoms with Crippen molar-refractivity contribution >= 4 is 17.4 Å². The van der Waals surface area contributed by atoms with Gasteiger partial charge in [0, 0.05) is 19.8 Å². The van der Waals surface area contributed by atoms with Gasteiger partial charge >= 0.3 is 6.18 Å². The first-order chi connectivity index (χ1) is 9.19. The van der Waals surface area contributed by atoms with Crippen molar-refractivity contribution in [1.29, 1.82) is 0 Å². The molecule has 0 amide bonds. The molecule has 1 rings (SSSR count). The molecule has 0 atom stereocenters. The molecule has 0 aliphatic carbocycles. The first-order valence-corrected chi connectivity index (χ1v) is 6.70. The van der Waals surface area contributed by atoms with Gasteiger partial charge in [-0.15, -0.1) is 0 Å². The smallest absolute Gasteiger partial charge is 0.351 e. The molecule has 3 nitrogen and oxygen atoms in total. The van der Waals surface area contributed by atoms with Crippen LogP contribution in [0, 0.1) is 5.92 Å². The van der Waals surface area contributed by atoms with Crippen molar-refractivity contribution in [3.05, 3.63) is 22.8 Å². The average Bonchev–Trinajstić information content (AvgIpc) is 2.28. The van der Waals surface area contributed by atoms with Crippen LogP contribution in [0.25, 0.3) is 0 Å². The molecular formula is C13H19ClF3N3. The number of halogens is 4. The maximum atomic E-state index is 12.4. The highest BCUT2D eigenvalue weighted by Crippen LogP contribution is 2.23. The van der Waals surface area contributed by atoms with Gasteiger partial charge in [-0.3, -0.25) is 0 Å². The molecule has 1 aromatic heterocycles. The number of hydrogen-bond donors (Lipinski definition) is 1. The van der Waals surface area contributed by atoms with Crippen LogP contribution < -0.4 is 10.2 Å². The van der Waals surface area contributed by atoms with Gasteiger partial charge in [-0.25, -0.2) is 4.98 Å². The molecule has 0 saturated heterocycles. The van der Waals surface area contributed by atoms with Crippen LogP contribution in [0.4, 0.5) is 19.0 Å². The summed E-state index contributed by atoms with van der Waals surface area (Å²) in [4.78, 5) is 4.99. The average molecular weight is 310 g/mol. The Morgan fingerprint density at radius 1 is 1.40 bits per heavy atom. The first-order valence-electron chi connectivity index (χ1n) is 6.32. The summed E-state index contributed by atoms with van der Waals surface area (Å²) in [6.45, 7) is 4.42. The van der Waals surface area contributed by atoms with Crippen molar-refractivity contribution < 1.29 is 13.2 Å². The van der Waals surface area contributed by atoms with Crippen molar-refractivity contribution in [2.75, 3.05) is 25.0 Å². The lowest BCUT2D eigenvalue weighted by molar-refractivity contribution is -0.119. The number of pyridine rings is 1. The van der Waals surface area contributed by atoms with E-state index in [4.69, 9.17) is 11.6 Å². The van der Waals surface area contributed by atoms with Crippen LogP contribution >= 0.6 is 11.6 Å². The van der Waals surface area contributed by atoms with Crippen LogP contribution in [-0.2, 0) is 6.54 Å². The van der Waals surface area contributed by atoms with Crippen molar-refractivity contribution in [3.63, 3.8) is 0 Å². The van der Waals surface area contributed by atoms with E-state index in [1.807, 2.05) is 0 Å². The van der Waals surface area contributed by atoms with Gasteiger partial charge in [-0.1, -0.05) is 25.4 Å². The molecule has 1 aromatic rings. The van der Waals surface area contributed by atoms with Gasteiger partial charge in [0.05, 0.1) is 5.02 Å². The Kier molecular flexibility index (Phi) is 6.07. The highest BCUT2D eigenvalue weighted by molar-refractivity contribution is 6.31. The van der Waals surface area contributed by atoms with Crippen molar-refractivity contribution in [2.24, 2.45) is 5.92 Å². The van der Waals surface area contributed by atoms with Crippen molar-refractivity contribution in [2.45, 2.75) is 26.6 Å². The van der Waals surface area contributed by atoms with E-state index in [0.717, 1.165) is 17.0 Å². The number of hydrogen-bond acceptors (Lipinski definition) is 3. The third kappa shape index (κ3) is 5.96. The molecule has 0 fully saturated rings. The molecule has 0 spiro atoms. The second-order valence-electron chi connectivity index (χ2n) is 5.13. The highest BCUT2D eigenvalue weighted by atomic mass is 35.5. The Hall–Kier alpha value is -1.01. The minimum atomic E-state index is -4.26. The van der Waals surface area contributed by atoms with Crippen LogP contribution in [0.3, 0.4) is 0 Å². The van der Waals surface area contributed by atoms with Crippen LogP contribution in [0.1, 0.15) is 19.4 Å². The van der Waals surface area contributed by atoms with Crippen LogP contribution in [0.2, 0.25) is 5.02 Å². The van der Waals surface area contributed by atoms with E-state index in [-0.39, 0.29) is 5.82 Å². The van der Waals surface area contributed by atoms with Gasteiger partial charge in [0.25, 0.3) is 0 Å². The Labute approximate surface area is 122 Å². The molecular weight excluding hydrogens is 291 g/mol. The maximum Gasteiger partial charge on any atom is 0.405 e. The molecule has 1 heterocycles. The predicted molar refractivity (Wildman–Crippen MR) is 75.1 cm³/mol. The van der Waals surface area contributed by atoms with Crippen LogP contribution in [-0.4, -0.2) is 31.3 Å². The fourth-order valence-electron chi connectivity index (χ4n) is 1.66. The Morgan fingerprint density at radius 2 is 2.05 bits per heavy atom. The molecule has 0 unspecified atom stereocenters. The molecule has 0 bridgehead atoms. The van der Waals surface area contributed by atoms with E-state index in [1.165, 1.54) is 13.2 Å². The van der Waals surface area contributed by atoms with E-state index in [2.05, 4.69) is 24.1 Å². The molecule has 0 aliphatic rings. The molecule has 114 valence electrons. The molecule has 0 aliphatic heterocycles. The lowest BCUT2D eigenvalue weighted by Crippen LogP contribution is -2.31. The summed E-state index contributed by atoms with van der Waals surface area (Å²) in [6.07, 6.45) is -2.87. The Balaban J connectivity index is 2.75. The maximum absolute atomic E-state index is 12.4. The van der Waals surface area contributed by atoms with Crippen LogP contribution in [0.15, 0.2) is 12.3 Å². The number of nitrogens with zero attached hydrogens (tertiary/aromatic N) is 2. The molecule has 0 saturated carbocycles. The topological polar surface area (TPSA) is 28.2 Å². The van der Waals surface area contributed by atoms with E-state index < -0.39 is 12.7 Å². The number of aromatic nitrogens is 1. The minimum Gasteiger partial charge on any atom is -0.351 e. The quantitative estimate of drug-likeness (QED) is 0.872. The van der Waals surface area contributed by atoms with Gasteiger partial charge in [0.15, 0.2) is 0 Å². The molecule has 0 radical (unpaired) electrons. The van der Waals surface area contributed by atoms with Crippen LogP contribution in [0.5, 0.6) is 0 Å². The van der Waals surface area contributed by atoms with E-state index >= 15 is 0 Å². The van der Waals surface area contributed by atoms with E-state index in [1.54, 1.807) is 6.07 Å². The van der Waals surface area contributed by atoms with Gasteiger partial charge in [0.2, 0.25) is 0 Å². The fraction of sp³-hybridized carbons (Fsp3) is 0.615. The third-order valence-corrected chi connectivity index (χ3v) is 2.94. The summed E-state index contributed by atoms with van der Waals surface area (Å²) in [7, 11) is 1.36. The van der Waals surface area contributed by atoms with E-state index in [9.17, 15) is 13.2 Å². The molecule has 7 heteroatoms. The summed E-state index contributed by atoms with van der Waals surface area (Å²) in [5.41, 5.74) is 0.742. The fourth-order valence-corrected chi connectivity index (χ4v) is 1.83. The Morgan fingerprint density at radius 3 is 2.60 bits per heavy atom.